The van der Waals surface area contributed by atoms with E-state index in [4.69, 9.17) is 17.0 Å². The van der Waals surface area contributed by atoms with Gasteiger partial charge in [-0.1, -0.05) is 0 Å². The van der Waals surface area contributed by atoms with Gasteiger partial charge < -0.3 is 4.74 Å². The molecule has 0 radical (unpaired) electrons. The van der Waals surface area contributed by atoms with Crippen LogP contribution in [0.4, 0.5) is 0 Å². The van der Waals surface area contributed by atoms with Gasteiger partial charge in [0.2, 0.25) is 0 Å². The highest BCUT2D eigenvalue weighted by molar-refractivity contribution is 7.71. The molecule has 1 N–H and O–H groups in total. The molecule has 2 atom stereocenters. The van der Waals surface area contributed by atoms with E-state index in [0.717, 1.165) is 30.7 Å². The van der Waals surface area contributed by atoms with Crippen LogP contribution in [0.25, 0.3) is 11.4 Å². The molecule has 1 aliphatic carbocycles. The maximum absolute atomic E-state index is 5.57. The van der Waals surface area contributed by atoms with Crippen molar-refractivity contribution in [3.8, 4) is 11.4 Å². The second-order valence-corrected chi connectivity index (χ2v) is 5.12. The van der Waals surface area contributed by atoms with E-state index in [1.807, 2.05) is 12.1 Å². The van der Waals surface area contributed by atoms with E-state index in [-0.39, 0.29) is 12.1 Å². The lowest BCUT2D eigenvalue weighted by Gasteiger charge is -2.21. The van der Waals surface area contributed by atoms with Gasteiger partial charge in [-0.25, -0.2) is 0 Å². The van der Waals surface area contributed by atoms with Crippen molar-refractivity contribution >= 4 is 12.2 Å². The first-order valence-corrected chi connectivity index (χ1v) is 6.82. The maximum Gasteiger partial charge on any atom is 0.195 e. The van der Waals surface area contributed by atoms with Crippen molar-refractivity contribution in [3.63, 3.8) is 0 Å². The van der Waals surface area contributed by atoms with Gasteiger partial charge in [0, 0.05) is 25.1 Å². The summed E-state index contributed by atoms with van der Waals surface area (Å²) in [5.74, 6) is 0.840. The molecule has 1 saturated carbocycles. The molecule has 6 heteroatoms. The highest BCUT2D eigenvalue weighted by Gasteiger charge is 2.31. The van der Waals surface area contributed by atoms with E-state index in [0.29, 0.717) is 4.77 Å². The highest BCUT2D eigenvalue weighted by Crippen LogP contribution is 2.34. The number of nitrogens with one attached hydrogen (secondary N) is 1. The van der Waals surface area contributed by atoms with Crippen LogP contribution in [0.15, 0.2) is 24.5 Å². The van der Waals surface area contributed by atoms with E-state index >= 15 is 0 Å². The van der Waals surface area contributed by atoms with Crippen molar-refractivity contribution in [1.82, 2.24) is 19.7 Å². The first kappa shape index (κ1) is 12.5. The fraction of sp³-hybridized carbons (Fsp3) is 0.462. The zero-order valence-corrected chi connectivity index (χ0v) is 11.6. The molecule has 5 nitrogen and oxygen atoms in total. The first-order chi connectivity index (χ1) is 9.31. The summed E-state index contributed by atoms with van der Waals surface area (Å²) < 4.78 is 8.29. The summed E-state index contributed by atoms with van der Waals surface area (Å²) >= 11 is 5.38. The average molecular weight is 276 g/mol. The summed E-state index contributed by atoms with van der Waals surface area (Å²) in [5.41, 5.74) is 0.969. The van der Waals surface area contributed by atoms with Gasteiger partial charge in [-0.2, -0.15) is 5.10 Å². The third-order valence-corrected chi connectivity index (χ3v) is 3.96. The van der Waals surface area contributed by atoms with E-state index in [9.17, 15) is 0 Å². The zero-order chi connectivity index (χ0) is 13.2. The smallest absolute Gasteiger partial charge is 0.195 e. The van der Waals surface area contributed by atoms with Crippen LogP contribution in [0, 0.1) is 4.77 Å². The molecule has 2 heterocycles. The Morgan fingerprint density at radius 3 is 3.11 bits per heavy atom. The van der Waals surface area contributed by atoms with E-state index in [1.54, 1.807) is 19.5 Å². The number of aromatic amines is 1. The van der Waals surface area contributed by atoms with Crippen LogP contribution < -0.4 is 0 Å². The van der Waals surface area contributed by atoms with Gasteiger partial charge >= 0.3 is 0 Å². The molecule has 1 aliphatic rings. The molecule has 0 spiro atoms. The minimum Gasteiger partial charge on any atom is -0.379 e. The first-order valence-electron chi connectivity index (χ1n) is 6.41. The molecule has 3 rings (SSSR count). The minimum atomic E-state index is 0.208. The molecule has 100 valence electrons. The van der Waals surface area contributed by atoms with E-state index < -0.39 is 0 Å². The number of pyridine rings is 1. The van der Waals surface area contributed by atoms with Crippen molar-refractivity contribution in [1.29, 1.82) is 0 Å². The Balaban J connectivity index is 2.07. The molecular formula is C13H16N4OS. The van der Waals surface area contributed by atoms with Crippen molar-refractivity contribution in [2.24, 2.45) is 0 Å². The average Bonchev–Trinajstić information content (AvgIpc) is 3.05. The molecule has 1 fully saturated rings. The Bertz CT molecular complexity index is 607. The van der Waals surface area contributed by atoms with Crippen LogP contribution >= 0.6 is 12.2 Å². The second kappa shape index (κ2) is 5.22. The van der Waals surface area contributed by atoms with Crippen LogP contribution in [-0.2, 0) is 4.74 Å². The molecule has 0 saturated heterocycles. The number of methoxy groups -OCH3 is 1. The molecule has 19 heavy (non-hydrogen) atoms. The van der Waals surface area contributed by atoms with E-state index in [1.165, 1.54) is 0 Å². The monoisotopic (exact) mass is 276 g/mol. The topological polar surface area (TPSA) is 55.7 Å². The van der Waals surface area contributed by atoms with Crippen molar-refractivity contribution in [3.05, 3.63) is 29.3 Å². The number of hydrogen-bond donors (Lipinski definition) is 1. The number of H-pyrrole nitrogens is 1. The third-order valence-electron chi connectivity index (χ3n) is 3.68. The Morgan fingerprint density at radius 1 is 1.47 bits per heavy atom. The standard InChI is InChI=1S/C13H16N4OS/c1-18-11-6-2-5-10(11)17-12(15-16-13(17)19)9-4-3-7-14-8-9/h3-4,7-8,10-11H,2,5-6H2,1H3,(H,16,19). The number of hydrogen-bond acceptors (Lipinski definition) is 4. The van der Waals surface area contributed by atoms with Crippen LogP contribution in [-0.4, -0.2) is 33.0 Å². The van der Waals surface area contributed by atoms with E-state index in [2.05, 4.69) is 19.7 Å². The molecule has 2 unspecified atom stereocenters. The Morgan fingerprint density at radius 2 is 2.37 bits per heavy atom. The number of nitrogens with zero attached hydrogens (tertiary/aromatic N) is 3. The lowest BCUT2D eigenvalue weighted by Crippen LogP contribution is -2.21. The van der Waals surface area contributed by atoms with Gasteiger partial charge in [-0.05, 0) is 43.6 Å². The summed E-state index contributed by atoms with van der Waals surface area (Å²) in [6.07, 6.45) is 7.06. The Hall–Kier alpha value is -1.53. The molecule has 0 aromatic carbocycles. The lowest BCUT2D eigenvalue weighted by atomic mass is 10.2. The molecule has 0 bridgehead atoms. The van der Waals surface area contributed by atoms with Gasteiger partial charge in [0.1, 0.15) is 0 Å². The Kier molecular flexibility index (Phi) is 3.44. The van der Waals surface area contributed by atoms with Gasteiger partial charge in [-0.15, -0.1) is 0 Å². The summed E-state index contributed by atoms with van der Waals surface area (Å²) in [4.78, 5) is 4.14. The summed E-state index contributed by atoms with van der Waals surface area (Å²) in [6, 6.07) is 4.15. The quantitative estimate of drug-likeness (QED) is 0.876. The van der Waals surface area contributed by atoms with Crippen molar-refractivity contribution in [2.45, 2.75) is 31.4 Å². The largest absolute Gasteiger partial charge is 0.379 e. The van der Waals surface area contributed by atoms with Crippen molar-refractivity contribution < 1.29 is 4.74 Å². The van der Waals surface area contributed by atoms with Crippen LogP contribution in [0.2, 0.25) is 0 Å². The normalized spacial score (nSPS) is 22.8. The van der Waals surface area contributed by atoms with Crippen LogP contribution in [0.5, 0.6) is 0 Å². The summed E-state index contributed by atoms with van der Waals surface area (Å²) in [7, 11) is 1.76. The number of ether oxygens (including phenoxy) is 1. The summed E-state index contributed by atoms with van der Waals surface area (Å²) in [5, 5.41) is 7.24. The minimum absolute atomic E-state index is 0.208. The molecule has 0 aliphatic heterocycles. The summed E-state index contributed by atoms with van der Waals surface area (Å²) in [6.45, 7) is 0. The lowest BCUT2D eigenvalue weighted by molar-refractivity contribution is 0.0749. The molecule has 2 aromatic rings. The third kappa shape index (κ3) is 2.21. The van der Waals surface area contributed by atoms with Crippen LogP contribution in [0.1, 0.15) is 25.3 Å². The van der Waals surface area contributed by atoms with Gasteiger partial charge in [-0.3, -0.25) is 14.6 Å². The SMILES string of the molecule is COC1CCCC1n1c(-c2cccnc2)n[nH]c1=S. The van der Waals surface area contributed by atoms with Crippen LogP contribution in [0.3, 0.4) is 0 Å². The number of aromatic nitrogens is 4. The molecule has 2 aromatic heterocycles. The predicted molar refractivity (Wildman–Crippen MR) is 74.3 cm³/mol. The second-order valence-electron chi connectivity index (χ2n) is 4.74. The van der Waals surface area contributed by atoms with Gasteiger partial charge in [0.15, 0.2) is 10.6 Å². The predicted octanol–water partition coefficient (Wildman–Crippen LogP) is 2.74. The molecule has 0 amide bonds. The van der Waals surface area contributed by atoms with Crippen molar-refractivity contribution in [2.75, 3.05) is 7.11 Å². The number of rotatable bonds is 3. The Labute approximate surface area is 116 Å². The van der Waals surface area contributed by atoms with Gasteiger partial charge in [0.05, 0.1) is 12.1 Å². The van der Waals surface area contributed by atoms with Gasteiger partial charge in [0.25, 0.3) is 0 Å². The highest BCUT2D eigenvalue weighted by atomic mass is 32.1. The fourth-order valence-electron chi connectivity index (χ4n) is 2.79. The zero-order valence-electron chi connectivity index (χ0n) is 10.7. The maximum atomic E-state index is 5.57. The fourth-order valence-corrected chi connectivity index (χ4v) is 3.06. The molecular weight excluding hydrogens is 260 g/mol.